The molecule has 2 heterocycles. The largest absolute Gasteiger partial charge is 0.463 e. The van der Waals surface area contributed by atoms with Gasteiger partial charge in [0.1, 0.15) is 0 Å². The second kappa shape index (κ2) is 6.84. The number of carbonyl (C=O) groups is 2. The van der Waals surface area contributed by atoms with Gasteiger partial charge in [0.25, 0.3) is 0 Å². The second-order valence-electron chi connectivity index (χ2n) is 5.67. The summed E-state index contributed by atoms with van der Waals surface area (Å²) in [6.45, 7) is 3.06. The summed E-state index contributed by atoms with van der Waals surface area (Å²) < 4.78 is 5.13. The first-order valence-corrected chi connectivity index (χ1v) is 8.01. The van der Waals surface area contributed by atoms with Crippen molar-refractivity contribution in [3.8, 4) is 0 Å². The van der Waals surface area contributed by atoms with Crippen molar-refractivity contribution < 1.29 is 14.3 Å². The molecule has 0 saturated heterocycles. The molecule has 5 heteroatoms. The molecule has 0 radical (unpaired) electrons. The van der Waals surface area contributed by atoms with Gasteiger partial charge in [0.05, 0.1) is 17.7 Å². The van der Waals surface area contributed by atoms with Gasteiger partial charge in [-0.15, -0.1) is 0 Å². The number of esters is 1. The minimum Gasteiger partial charge on any atom is -0.463 e. The molecule has 2 aliphatic rings. The third kappa shape index (κ3) is 2.90. The molecule has 124 valence electrons. The van der Waals surface area contributed by atoms with Gasteiger partial charge >= 0.3 is 5.97 Å². The molecule has 1 atom stereocenters. The van der Waals surface area contributed by atoms with Crippen LogP contribution in [0.4, 0.5) is 0 Å². The normalized spacial score (nSPS) is 22.4. The van der Waals surface area contributed by atoms with Gasteiger partial charge < -0.3 is 10.1 Å². The van der Waals surface area contributed by atoms with Crippen LogP contribution in [0.3, 0.4) is 0 Å². The van der Waals surface area contributed by atoms with Crippen molar-refractivity contribution in [1.82, 2.24) is 10.6 Å². The van der Waals surface area contributed by atoms with E-state index in [2.05, 4.69) is 10.6 Å². The molecule has 0 fully saturated rings. The van der Waals surface area contributed by atoms with E-state index in [4.69, 9.17) is 4.74 Å². The van der Waals surface area contributed by atoms with Crippen molar-refractivity contribution in [2.45, 2.75) is 12.5 Å². The van der Waals surface area contributed by atoms with Crippen molar-refractivity contribution in [3.63, 3.8) is 0 Å². The quantitative estimate of drug-likeness (QED) is 0.636. The number of ketones is 1. The van der Waals surface area contributed by atoms with E-state index in [0.717, 1.165) is 5.56 Å². The van der Waals surface area contributed by atoms with E-state index in [9.17, 15) is 9.59 Å². The van der Waals surface area contributed by atoms with Crippen LogP contribution in [0.1, 0.15) is 12.5 Å². The van der Waals surface area contributed by atoms with Gasteiger partial charge in [-0.3, -0.25) is 10.1 Å². The number of hydrogen-bond acceptors (Lipinski definition) is 5. The van der Waals surface area contributed by atoms with E-state index in [1.54, 1.807) is 25.3 Å². The molecule has 0 bridgehead atoms. The minimum atomic E-state index is -0.801. The fourth-order valence-corrected chi connectivity index (χ4v) is 3.10. The van der Waals surface area contributed by atoms with Crippen molar-refractivity contribution in [2.24, 2.45) is 0 Å². The molecule has 5 nitrogen and oxygen atoms in total. The molecule has 1 spiro atoms. The summed E-state index contributed by atoms with van der Waals surface area (Å²) in [5, 5.41) is 6.33. The lowest BCUT2D eigenvalue weighted by Gasteiger charge is -2.28. The van der Waals surface area contributed by atoms with Gasteiger partial charge in [-0.05, 0) is 18.6 Å². The first-order chi connectivity index (χ1) is 11.7. The van der Waals surface area contributed by atoms with Crippen LogP contribution in [0.5, 0.6) is 0 Å². The smallest absolute Gasteiger partial charge is 0.337 e. The Morgan fingerprint density at radius 3 is 2.79 bits per heavy atom. The highest BCUT2D eigenvalue weighted by Crippen LogP contribution is 2.33. The lowest BCUT2D eigenvalue weighted by Crippen LogP contribution is -2.50. The van der Waals surface area contributed by atoms with Crippen LogP contribution < -0.4 is 10.6 Å². The van der Waals surface area contributed by atoms with E-state index in [0.29, 0.717) is 30.8 Å². The molecule has 1 aromatic rings. The fraction of sp³-hybridized carbons (Fsp3) is 0.263. The second-order valence-corrected chi connectivity index (χ2v) is 5.67. The lowest BCUT2D eigenvalue weighted by molar-refractivity contribution is -0.139. The Morgan fingerprint density at radius 2 is 2.04 bits per heavy atom. The number of hydrogen-bond donors (Lipinski definition) is 2. The Hall–Kier alpha value is -2.66. The van der Waals surface area contributed by atoms with E-state index >= 15 is 0 Å². The number of ether oxygens (including phenoxy) is 1. The maximum atomic E-state index is 12.7. The highest BCUT2D eigenvalue weighted by atomic mass is 16.5. The molecule has 2 N–H and O–H groups in total. The van der Waals surface area contributed by atoms with Gasteiger partial charge in [-0.2, -0.15) is 0 Å². The van der Waals surface area contributed by atoms with Crippen LogP contribution in [0.25, 0.3) is 6.08 Å². The van der Waals surface area contributed by atoms with Crippen molar-refractivity contribution >= 4 is 17.8 Å². The summed E-state index contributed by atoms with van der Waals surface area (Å²) in [6, 6.07) is 9.64. The Balaban J connectivity index is 1.83. The van der Waals surface area contributed by atoms with Gasteiger partial charge in [-0.1, -0.05) is 42.5 Å². The summed E-state index contributed by atoms with van der Waals surface area (Å²) in [7, 11) is 0. The van der Waals surface area contributed by atoms with Gasteiger partial charge in [0, 0.05) is 24.9 Å². The van der Waals surface area contributed by atoms with E-state index in [1.165, 1.54) is 0 Å². The van der Waals surface area contributed by atoms with Gasteiger partial charge in [0.15, 0.2) is 5.78 Å². The summed E-state index contributed by atoms with van der Waals surface area (Å²) in [6.07, 6.45) is 6.82. The number of carbonyl (C=O) groups excluding carboxylic acids is 2. The average molecular weight is 324 g/mol. The fourth-order valence-electron chi connectivity index (χ4n) is 3.10. The molecular formula is C19H20N2O3. The molecule has 24 heavy (non-hydrogen) atoms. The molecule has 1 aromatic carbocycles. The molecular weight excluding hydrogens is 304 g/mol. The lowest BCUT2D eigenvalue weighted by atomic mass is 9.83. The molecule has 0 aromatic heterocycles. The van der Waals surface area contributed by atoms with E-state index in [-0.39, 0.29) is 5.78 Å². The minimum absolute atomic E-state index is 0.109. The number of benzene rings is 1. The summed E-state index contributed by atoms with van der Waals surface area (Å²) >= 11 is 0. The molecule has 0 saturated carbocycles. The van der Waals surface area contributed by atoms with Crippen molar-refractivity contribution in [2.75, 3.05) is 19.7 Å². The standard InChI is InChI=1S/C19H20N2O3/c1-2-24-18(23)16-12-20-13-19(16)15(10-11-21-19)17(22)9-8-14-6-4-3-5-7-14/h3-10,12,20-21H,2,11,13H2,1H3. The number of rotatable bonds is 5. The van der Waals surface area contributed by atoms with E-state index < -0.39 is 11.5 Å². The monoisotopic (exact) mass is 324 g/mol. The maximum absolute atomic E-state index is 12.7. The predicted octanol–water partition coefficient (Wildman–Crippen LogP) is 1.59. The Bertz CT molecular complexity index is 730. The molecule has 1 unspecified atom stereocenters. The molecule has 2 aliphatic heterocycles. The highest BCUT2D eigenvalue weighted by molar-refractivity contribution is 6.11. The zero-order valence-electron chi connectivity index (χ0n) is 13.5. The molecule has 0 aliphatic carbocycles. The Labute approximate surface area is 141 Å². The molecule has 0 amide bonds. The summed E-state index contributed by atoms with van der Waals surface area (Å²) in [5.74, 6) is -0.509. The van der Waals surface area contributed by atoms with Crippen LogP contribution in [-0.2, 0) is 14.3 Å². The molecule has 3 rings (SSSR count). The average Bonchev–Trinajstić information content (AvgIpc) is 3.21. The third-order valence-corrected chi connectivity index (χ3v) is 4.23. The van der Waals surface area contributed by atoms with Crippen LogP contribution >= 0.6 is 0 Å². The van der Waals surface area contributed by atoms with Gasteiger partial charge in [0.2, 0.25) is 0 Å². The summed E-state index contributed by atoms with van der Waals surface area (Å²) in [5.41, 5.74) is 1.19. The van der Waals surface area contributed by atoms with Gasteiger partial charge in [-0.25, -0.2) is 4.79 Å². The zero-order valence-corrected chi connectivity index (χ0v) is 13.5. The van der Waals surface area contributed by atoms with Crippen LogP contribution in [0, 0.1) is 0 Å². The number of nitrogens with one attached hydrogen (secondary N) is 2. The summed E-state index contributed by atoms with van der Waals surface area (Å²) in [4.78, 5) is 24.9. The Kier molecular flexibility index (Phi) is 4.62. The van der Waals surface area contributed by atoms with Crippen LogP contribution in [-0.4, -0.2) is 37.0 Å². The van der Waals surface area contributed by atoms with Crippen molar-refractivity contribution in [1.29, 1.82) is 0 Å². The topological polar surface area (TPSA) is 67.4 Å². The Morgan fingerprint density at radius 1 is 1.25 bits per heavy atom. The van der Waals surface area contributed by atoms with Crippen molar-refractivity contribution in [3.05, 3.63) is 65.4 Å². The highest BCUT2D eigenvalue weighted by Gasteiger charge is 2.48. The van der Waals surface area contributed by atoms with Crippen LogP contribution in [0.15, 0.2) is 59.8 Å². The zero-order chi connectivity index (χ0) is 17.0. The SMILES string of the molecule is CCOC(=O)C1=CNCC12NCC=C2C(=O)C=Cc1ccccc1. The third-order valence-electron chi connectivity index (χ3n) is 4.23. The first-order valence-electron chi connectivity index (χ1n) is 8.01. The predicted molar refractivity (Wildman–Crippen MR) is 92.0 cm³/mol. The first kappa shape index (κ1) is 16.2. The van der Waals surface area contributed by atoms with E-state index in [1.807, 2.05) is 36.4 Å². The maximum Gasteiger partial charge on any atom is 0.337 e. The number of allylic oxidation sites excluding steroid dienone is 1. The van der Waals surface area contributed by atoms with Crippen LogP contribution in [0.2, 0.25) is 0 Å².